The molecule has 0 spiro atoms. The fourth-order valence-corrected chi connectivity index (χ4v) is 3.70. The number of carbonyl (C=O) groups excluding carboxylic acids is 1. The number of benzene rings is 1. The lowest BCUT2D eigenvalue weighted by Crippen LogP contribution is -2.43. The quantitative estimate of drug-likeness (QED) is 0.589. The van der Waals surface area contributed by atoms with Gasteiger partial charge in [0.25, 0.3) is 0 Å². The van der Waals surface area contributed by atoms with Crippen LogP contribution in [0.1, 0.15) is 18.9 Å². The van der Waals surface area contributed by atoms with Crippen LogP contribution < -0.4 is 25.0 Å². The van der Waals surface area contributed by atoms with Gasteiger partial charge in [-0.25, -0.2) is 24.0 Å². The van der Waals surface area contributed by atoms with E-state index in [1.807, 2.05) is 0 Å². The third-order valence-corrected chi connectivity index (χ3v) is 5.33. The molecule has 0 saturated carbocycles. The second-order valence-corrected chi connectivity index (χ2v) is 7.32. The standard InChI is InChI=1S/C14H19N3O6S/c1-2-21-14(18)10-6-13(17-16-10)24(19,20)15-7-9-3-4-11-12(5-9)23-8-22-11/h3-5,10,13,15-17H,2,6-8H2,1H3. The van der Waals surface area contributed by atoms with Gasteiger partial charge in [0.2, 0.25) is 16.8 Å². The van der Waals surface area contributed by atoms with Crippen LogP contribution in [0.25, 0.3) is 0 Å². The molecule has 0 aliphatic carbocycles. The molecule has 0 bridgehead atoms. The van der Waals surface area contributed by atoms with Crippen molar-refractivity contribution < 1.29 is 27.4 Å². The Kier molecular flexibility index (Phi) is 4.90. The maximum absolute atomic E-state index is 12.3. The molecule has 132 valence electrons. The molecule has 1 fully saturated rings. The van der Waals surface area contributed by atoms with Gasteiger partial charge in [-0.15, -0.1) is 0 Å². The van der Waals surface area contributed by atoms with Crippen molar-refractivity contribution in [3.63, 3.8) is 0 Å². The fourth-order valence-electron chi connectivity index (χ4n) is 2.46. The molecule has 10 heteroatoms. The number of hydrogen-bond donors (Lipinski definition) is 3. The third-order valence-electron chi connectivity index (χ3n) is 3.73. The molecule has 0 radical (unpaired) electrons. The summed E-state index contributed by atoms with van der Waals surface area (Å²) in [5, 5.41) is -0.916. The van der Waals surface area contributed by atoms with Crippen molar-refractivity contribution in [2.45, 2.75) is 31.3 Å². The zero-order valence-electron chi connectivity index (χ0n) is 13.1. The zero-order chi connectivity index (χ0) is 17.2. The van der Waals surface area contributed by atoms with Crippen molar-refractivity contribution in [3.8, 4) is 11.5 Å². The Balaban J connectivity index is 1.57. The molecule has 2 atom stereocenters. The molecule has 3 rings (SSSR count). The highest BCUT2D eigenvalue weighted by Gasteiger charge is 2.37. The second-order valence-electron chi connectivity index (χ2n) is 5.37. The van der Waals surface area contributed by atoms with E-state index < -0.39 is 27.4 Å². The minimum Gasteiger partial charge on any atom is -0.465 e. The van der Waals surface area contributed by atoms with Crippen molar-refractivity contribution in [1.29, 1.82) is 0 Å². The minimum absolute atomic E-state index is 0.0926. The lowest BCUT2D eigenvalue weighted by molar-refractivity contribution is -0.145. The van der Waals surface area contributed by atoms with Crippen LogP contribution >= 0.6 is 0 Å². The molecular formula is C14H19N3O6S. The summed E-state index contributed by atoms with van der Waals surface area (Å²) in [4.78, 5) is 11.6. The molecule has 1 aromatic carbocycles. The molecule has 9 nitrogen and oxygen atoms in total. The molecule has 24 heavy (non-hydrogen) atoms. The first kappa shape index (κ1) is 17.0. The number of ether oxygens (including phenoxy) is 3. The summed E-state index contributed by atoms with van der Waals surface area (Å²) in [7, 11) is -3.66. The maximum atomic E-state index is 12.3. The van der Waals surface area contributed by atoms with E-state index in [2.05, 4.69) is 15.6 Å². The summed E-state index contributed by atoms with van der Waals surface area (Å²) in [6.07, 6.45) is 0.0926. The van der Waals surface area contributed by atoms with E-state index in [1.165, 1.54) is 0 Å². The van der Waals surface area contributed by atoms with Gasteiger partial charge < -0.3 is 14.2 Å². The molecule has 1 aromatic rings. The third kappa shape index (κ3) is 3.61. The number of rotatable bonds is 6. The Morgan fingerprint density at radius 1 is 1.33 bits per heavy atom. The molecular weight excluding hydrogens is 338 g/mol. The van der Waals surface area contributed by atoms with Gasteiger partial charge in [0.15, 0.2) is 11.5 Å². The first-order chi connectivity index (χ1) is 11.5. The monoisotopic (exact) mass is 357 g/mol. The molecule has 2 aliphatic heterocycles. The van der Waals surface area contributed by atoms with Gasteiger partial charge in [-0.3, -0.25) is 4.79 Å². The van der Waals surface area contributed by atoms with E-state index >= 15 is 0 Å². The van der Waals surface area contributed by atoms with Gasteiger partial charge in [-0.2, -0.15) is 0 Å². The average Bonchev–Trinajstić information content (AvgIpc) is 3.22. The number of fused-ring (bicyclic) bond motifs is 1. The van der Waals surface area contributed by atoms with Crippen molar-refractivity contribution in [2.24, 2.45) is 0 Å². The summed E-state index contributed by atoms with van der Waals surface area (Å²) >= 11 is 0. The van der Waals surface area contributed by atoms with Crippen molar-refractivity contribution in [2.75, 3.05) is 13.4 Å². The molecule has 1 saturated heterocycles. The van der Waals surface area contributed by atoms with E-state index in [1.54, 1.807) is 25.1 Å². The molecule has 3 N–H and O–H groups in total. The van der Waals surface area contributed by atoms with Crippen LogP contribution in [-0.4, -0.2) is 39.2 Å². The number of nitrogens with one attached hydrogen (secondary N) is 3. The number of hydrazine groups is 1. The van der Waals surface area contributed by atoms with Crippen LogP contribution in [0.15, 0.2) is 18.2 Å². The molecule has 0 amide bonds. The largest absolute Gasteiger partial charge is 0.465 e. The van der Waals surface area contributed by atoms with Gasteiger partial charge in [0, 0.05) is 13.0 Å². The number of sulfonamides is 1. The van der Waals surface area contributed by atoms with Crippen LogP contribution in [0.3, 0.4) is 0 Å². The zero-order valence-corrected chi connectivity index (χ0v) is 13.9. The van der Waals surface area contributed by atoms with E-state index in [4.69, 9.17) is 14.2 Å². The first-order valence-electron chi connectivity index (χ1n) is 7.54. The summed E-state index contributed by atoms with van der Waals surface area (Å²) in [5.74, 6) is 0.758. The number of esters is 1. The Bertz CT molecular complexity index is 723. The van der Waals surface area contributed by atoms with Gasteiger partial charge >= 0.3 is 5.97 Å². The lowest BCUT2D eigenvalue weighted by atomic mass is 10.2. The highest BCUT2D eigenvalue weighted by Crippen LogP contribution is 2.32. The normalized spacial score (nSPS) is 22.5. The van der Waals surface area contributed by atoms with Crippen LogP contribution in [-0.2, 0) is 26.1 Å². The second kappa shape index (κ2) is 6.93. The fraction of sp³-hybridized carbons (Fsp3) is 0.500. The Morgan fingerprint density at radius 2 is 2.12 bits per heavy atom. The van der Waals surface area contributed by atoms with Crippen LogP contribution in [0.5, 0.6) is 11.5 Å². The van der Waals surface area contributed by atoms with Crippen molar-refractivity contribution in [1.82, 2.24) is 15.6 Å². The molecule has 2 unspecified atom stereocenters. The SMILES string of the molecule is CCOC(=O)C1CC(S(=O)(=O)NCc2ccc3c(c2)OCO3)NN1. The number of hydrogen-bond acceptors (Lipinski definition) is 8. The van der Waals surface area contributed by atoms with Crippen LogP contribution in [0.2, 0.25) is 0 Å². The lowest BCUT2D eigenvalue weighted by Gasteiger charge is -2.12. The molecule has 2 aliphatic rings. The van der Waals surface area contributed by atoms with E-state index in [0.717, 1.165) is 5.56 Å². The smallest absolute Gasteiger partial charge is 0.324 e. The van der Waals surface area contributed by atoms with Gasteiger partial charge in [0.1, 0.15) is 11.4 Å². The summed E-state index contributed by atoms with van der Waals surface area (Å²) in [6, 6.07) is 4.54. The van der Waals surface area contributed by atoms with Crippen molar-refractivity contribution in [3.05, 3.63) is 23.8 Å². The van der Waals surface area contributed by atoms with Gasteiger partial charge in [0.05, 0.1) is 6.61 Å². The van der Waals surface area contributed by atoms with Crippen LogP contribution in [0.4, 0.5) is 0 Å². The topological polar surface area (TPSA) is 115 Å². The first-order valence-corrected chi connectivity index (χ1v) is 9.09. The van der Waals surface area contributed by atoms with Crippen molar-refractivity contribution >= 4 is 16.0 Å². The summed E-state index contributed by atoms with van der Waals surface area (Å²) in [5.41, 5.74) is 6.01. The van der Waals surface area contributed by atoms with Gasteiger partial charge in [-0.1, -0.05) is 6.07 Å². The predicted octanol–water partition coefficient (Wildman–Crippen LogP) is -0.410. The number of carbonyl (C=O) groups is 1. The summed E-state index contributed by atoms with van der Waals surface area (Å²) < 4.78 is 42.6. The van der Waals surface area contributed by atoms with E-state index in [0.29, 0.717) is 11.5 Å². The van der Waals surface area contributed by atoms with Gasteiger partial charge in [-0.05, 0) is 24.6 Å². The average molecular weight is 357 g/mol. The molecule has 0 aromatic heterocycles. The van der Waals surface area contributed by atoms with E-state index in [-0.39, 0.29) is 26.4 Å². The van der Waals surface area contributed by atoms with E-state index in [9.17, 15) is 13.2 Å². The predicted molar refractivity (Wildman–Crippen MR) is 83.4 cm³/mol. The minimum atomic E-state index is -3.66. The Hall–Kier alpha value is -1.88. The highest BCUT2D eigenvalue weighted by molar-refractivity contribution is 7.90. The Labute approximate surface area is 139 Å². The highest BCUT2D eigenvalue weighted by atomic mass is 32.2. The van der Waals surface area contributed by atoms with Crippen LogP contribution in [0, 0.1) is 0 Å². The molecule has 2 heterocycles. The summed E-state index contributed by atoms with van der Waals surface area (Å²) in [6.45, 7) is 2.22. The Morgan fingerprint density at radius 3 is 2.92 bits per heavy atom. The maximum Gasteiger partial charge on any atom is 0.324 e.